The lowest BCUT2D eigenvalue weighted by Gasteiger charge is -2.21. The van der Waals surface area contributed by atoms with Gasteiger partial charge in [0.15, 0.2) is 5.82 Å². The van der Waals surface area contributed by atoms with Gasteiger partial charge in [0.2, 0.25) is 5.89 Å². The minimum Gasteiger partial charge on any atom is -0.339 e. The standard InChI is InChI=1S/C13H21N3O/c1-9-15-13(17-16-9)4-5-14-8-12-7-10-2-3-11(12)6-10/h10-12,14H,2-8H2,1H3. The molecule has 0 radical (unpaired) electrons. The van der Waals surface area contributed by atoms with Crippen molar-refractivity contribution in [3.05, 3.63) is 11.7 Å². The van der Waals surface area contributed by atoms with E-state index in [1.165, 1.54) is 32.2 Å². The first kappa shape index (κ1) is 11.2. The number of aromatic nitrogens is 2. The molecule has 1 N–H and O–H groups in total. The Bertz CT molecular complexity index is 376. The van der Waals surface area contributed by atoms with E-state index in [1.54, 1.807) is 0 Å². The fraction of sp³-hybridized carbons (Fsp3) is 0.846. The van der Waals surface area contributed by atoms with Crippen LogP contribution in [0.3, 0.4) is 0 Å². The monoisotopic (exact) mass is 235 g/mol. The first-order valence-electron chi connectivity index (χ1n) is 6.81. The SMILES string of the molecule is Cc1noc(CCNCC2CC3CCC2C3)n1. The van der Waals surface area contributed by atoms with Crippen LogP contribution in [0.15, 0.2) is 4.52 Å². The Morgan fingerprint density at radius 1 is 1.35 bits per heavy atom. The third-order valence-corrected chi connectivity index (χ3v) is 4.38. The summed E-state index contributed by atoms with van der Waals surface area (Å²) in [6.45, 7) is 3.99. The molecule has 2 fully saturated rings. The van der Waals surface area contributed by atoms with Crippen molar-refractivity contribution in [3.8, 4) is 0 Å². The lowest BCUT2D eigenvalue weighted by atomic mass is 9.89. The maximum atomic E-state index is 5.08. The Kier molecular flexibility index (Phi) is 3.14. The summed E-state index contributed by atoms with van der Waals surface area (Å²) in [5, 5.41) is 7.33. The quantitative estimate of drug-likeness (QED) is 0.792. The molecule has 4 heteroatoms. The van der Waals surface area contributed by atoms with Crippen LogP contribution in [0.1, 0.15) is 37.4 Å². The fourth-order valence-electron chi connectivity index (χ4n) is 3.55. The van der Waals surface area contributed by atoms with Crippen molar-refractivity contribution in [1.82, 2.24) is 15.5 Å². The van der Waals surface area contributed by atoms with Crippen molar-refractivity contribution in [2.24, 2.45) is 17.8 Å². The van der Waals surface area contributed by atoms with Crippen LogP contribution in [0.4, 0.5) is 0 Å². The number of nitrogens with one attached hydrogen (secondary N) is 1. The molecule has 0 aromatic carbocycles. The highest BCUT2D eigenvalue weighted by Gasteiger charge is 2.38. The maximum Gasteiger partial charge on any atom is 0.227 e. The lowest BCUT2D eigenvalue weighted by molar-refractivity contribution is 0.316. The van der Waals surface area contributed by atoms with Gasteiger partial charge in [0.05, 0.1) is 0 Å². The van der Waals surface area contributed by atoms with Gasteiger partial charge in [-0.3, -0.25) is 0 Å². The minimum atomic E-state index is 0.730. The summed E-state index contributed by atoms with van der Waals surface area (Å²) < 4.78 is 5.08. The molecule has 4 nitrogen and oxygen atoms in total. The van der Waals surface area contributed by atoms with E-state index >= 15 is 0 Å². The molecule has 2 aliphatic carbocycles. The molecule has 0 saturated heterocycles. The summed E-state index contributed by atoms with van der Waals surface area (Å²) in [7, 11) is 0. The Hall–Kier alpha value is -0.900. The summed E-state index contributed by atoms with van der Waals surface area (Å²) in [6, 6.07) is 0. The summed E-state index contributed by atoms with van der Waals surface area (Å²) in [4.78, 5) is 4.20. The van der Waals surface area contributed by atoms with E-state index in [4.69, 9.17) is 4.52 Å². The topological polar surface area (TPSA) is 51.0 Å². The lowest BCUT2D eigenvalue weighted by Crippen LogP contribution is -2.28. The Balaban J connectivity index is 1.36. The zero-order valence-electron chi connectivity index (χ0n) is 10.5. The molecule has 2 bridgehead atoms. The van der Waals surface area contributed by atoms with Gasteiger partial charge in [-0.1, -0.05) is 11.6 Å². The largest absolute Gasteiger partial charge is 0.339 e. The zero-order valence-corrected chi connectivity index (χ0v) is 10.5. The van der Waals surface area contributed by atoms with Crippen LogP contribution in [-0.4, -0.2) is 23.2 Å². The first-order chi connectivity index (χ1) is 8.31. The summed E-state index contributed by atoms with van der Waals surface area (Å²) in [5.74, 6) is 4.47. The van der Waals surface area contributed by atoms with E-state index in [9.17, 15) is 0 Å². The minimum absolute atomic E-state index is 0.730. The summed E-state index contributed by atoms with van der Waals surface area (Å²) in [6.07, 6.45) is 6.76. The molecular formula is C13H21N3O. The van der Waals surface area contributed by atoms with Gasteiger partial charge in [-0.15, -0.1) is 0 Å². The van der Waals surface area contributed by atoms with E-state index in [2.05, 4.69) is 15.5 Å². The molecule has 1 heterocycles. The molecular weight excluding hydrogens is 214 g/mol. The molecule has 0 spiro atoms. The highest BCUT2D eigenvalue weighted by atomic mass is 16.5. The van der Waals surface area contributed by atoms with Crippen LogP contribution < -0.4 is 5.32 Å². The second kappa shape index (κ2) is 4.77. The van der Waals surface area contributed by atoms with Gasteiger partial charge >= 0.3 is 0 Å². The van der Waals surface area contributed by atoms with Crippen molar-refractivity contribution < 1.29 is 4.52 Å². The number of rotatable bonds is 5. The number of hydrogen-bond donors (Lipinski definition) is 1. The van der Waals surface area contributed by atoms with E-state index in [-0.39, 0.29) is 0 Å². The average Bonchev–Trinajstić information content (AvgIpc) is 3.00. The van der Waals surface area contributed by atoms with E-state index in [1.807, 2.05) is 6.92 Å². The highest BCUT2D eigenvalue weighted by molar-refractivity contribution is 4.91. The van der Waals surface area contributed by atoms with Crippen LogP contribution >= 0.6 is 0 Å². The normalized spacial score (nSPS) is 31.2. The van der Waals surface area contributed by atoms with Crippen LogP contribution in [0.5, 0.6) is 0 Å². The Morgan fingerprint density at radius 2 is 2.29 bits per heavy atom. The van der Waals surface area contributed by atoms with Crippen LogP contribution in [-0.2, 0) is 6.42 Å². The molecule has 2 saturated carbocycles. The van der Waals surface area contributed by atoms with Gasteiger partial charge in [0.1, 0.15) is 0 Å². The molecule has 3 unspecified atom stereocenters. The number of hydrogen-bond acceptors (Lipinski definition) is 4. The van der Waals surface area contributed by atoms with Gasteiger partial charge in [-0.25, -0.2) is 0 Å². The molecule has 3 atom stereocenters. The number of nitrogens with zero attached hydrogens (tertiary/aromatic N) is 2. The van der Waals surface area contributed by atoms with Gasteiger partial charge in [-0.2, -0.15) is 4.98 Å². The van der Waals surface area contributed by atoms with E-state index in [0.717, 1.165) is 42.4 Å². The van der Waals surface area contributed by atoms with Gasteiger partial charge in [0, 0.05) is 13.0 Å². The van der Waals surface area contributed by atoms with Crippen LogP contribution in [0, 0.1) is 24.7 Å². The maximum absolute atomic E-state index is 5.08. The van der Waals surface area contributed by atoms with Crippen LogP contribution in [0.25, 0.3) is 0 Å². The van der Waals surface area contributed by atoms with Crippen molar-refractivity contribution in [2.45, 2.75) is 39.0 Å². The van der Waals surface area contributed by atoms with Crippen molar-refractivity contribution in [3.63, 3.8) is 0 Å². The fourth-order valence-corrected chi connectivity index (χ4v) is 3.55. The van der Waals surface area contributed by atoms with Gasteiger partial charge in [0.25, 0.3) is 0 Å². The molecule has 0 amide bonds. The predicted octanol–water partition coefficient (Wildman–Crippen LogP) is 1.95. The second-order valence-corrected chi connectivity index (χ2v) is 5.62. The molecule has 17 heavy (non-hydrogen) atoms. The third kappa shape index (κ3) is 2.51. The molecule has 1 aromatic rings. The first-order valence-corrected chi connectivity index (χ1v) is 6.81. The Morgan fingerprint density at radius 3 is 2.94 bits per heavy atom. The average molecular weight is 235 g/mol. The zero-order chi connectivity index (χ0) is 11.7. The van der Waals surface area contributed by atoms with Crippen molar-refractivity contribution in [1.29, 1.82) is 0 Å². The Labute approximate surface area is 102 Å². The van der Waals surface area contributed by atoms with Crippen LogP contribution in [0.2, 0.25) is 0 Å². The van der Waals surface area contributed by atoms with Crippen molar-refractivity contribution in [2.75, 3.05) is 13.1 Å². The third-order valence-electron chi connectivity index (χ3n) is 4.38. The number of aryl methyl sites for hydroxylation is 1. The molecule has 94 valence electrons. The molecule has 0 aliphatic heterocycles. The predicted molar refractivity (Wildman–Crippen MR) is 64.5 cm³/mol. The number of fused-ring (bicyclic) bond motifs is 2. The van der Waals surface area contributed by atoms with E-state index in [0.29, 0.717) is 0 Å². The summed E-state index contributed by atoms with van der Waals surface area (Å²) in [5.41, 5.74) is 0. The highest BCUT2D eigenvalue weighted by Crippen LogP contribution is 2.47. The smallest absolute Gasteiger partial charge is 0.227 e. The van der Waals surface area contributed by atoms with Crippen molar-refractivity contribution >= 4 is 0 Å². The van der Waals surface area contributed by atoms with E-state index < -0.39 is 0 Å². The van der Waals surface area contributed by atoms with Gasteiger partial charge in [-0.05, 0) is 50.5 Å². The second-order valence-electron chi connectivity index (χ2n) is 5.62. The molecule has 2 aliphatic rings. The van der Waals surface area contributed by atoms with Gasteiger partial charge < -0.3 is 9.84 Å². The molecule has 3 rings (SSSR count). The molecule has 1 aromatic heterocycles. The summed E-state index contributed by atoms with van der Waals surface area (Å²) >= 11 is 0.